The lowest BCUT2D eigenvalue weighted by Crippen LogP contribution is -2.35. The van der Waals surface area contributed by atoms with E-state index in [1.165, 1.54) is 12.2 Å². The molecule has 2 aromatic carbocycles. The molecular weight excluding hydrogens is 424 g/mol. The molecule has 1 fully saturated rings. The van der Waals surface area contributed by atoms with Crippen LogP contribution in [0.5, 0.6) is 0 Å². The molecule has 2 amide bonds. The van der Waals surface area contributed by atoms with Crippen molar-refractivity contribution >= 4 is 18.0 Å². The van der Waals surface area contributed by atoms with Gasteiger partial charge in [0, 0.05) is 37.6 Å². The summed E-state index contributed by atoms with van der Waals surface area (Å²) in [5, 5.41) is 14.3. The largest absolute Gasteiger partial charge is 0.479 e. The first kappa shape index (κ1) is 22.5. The minimum atomic E-state index is -1.02. The first-order valence-electron chi connectivity index (χ1n) is 10.9. The van der Waals surface area contributed by atoms with Crippen molar-refractivity contribution in [3.63, 3.8) is 0 Å². The predicted octanol–water partition coefficient (Wildman–Crippen LogP) is 2.69. The Hall–Kier alpha value is -3.65. The van der Waals surface area contributed by atoms with Gasteiger partial charge in [0.05, 0.1) is 0 Å². The molecule has 3 N–H and O–H groups in total. The number of alkyl carbamates (subject to hydrolysis) is 1. The fourth-order valence-corrected chi connectivity index (χ4v) is 4.36. The summed E-state index contributed by atoms with van der Waals surface area (Å²) in [5.74, 6) is -1.65. The molecular formula is C25H26N2O6. The van der Waals surface area contributed by atoms with Crippen LogP contribution in [0.2, 0.25) is 0 Å². The maximum absolute atomic E-state index is 12.1. The fraction of sp³-hybridized carbons (Fsp3) is 0.320. The van der Waals surface area contributed by atoms with Crippen molar-refractivity contribution in [2.45, 2.75) is 18.4 Å². The molecule has 2 aromatic rings. The van der Waals surface area contributed by atoms with E-state index < -0.39 is 18.2 Å². The monoisotopic (exact) mass is 450 g/mol. The van der Waals surface area contributed by atoms with Crippen molar-refractivity contribution in [1.82, 2.24) is 10.6 Å². The number of carboxylic acids is 1. The number of hydrogen-bond acceptors (Lipinski definition) is 5. The number of ether oxygens (including phenoxy) is 2. The summed E-state index contributed by atoms with van der Waals surface area (Å²) in [6.45, 7) is 0.948. The summed E-state index contributed by atoms with van der Waals surface area (Å²) >= 11 is 0. The maximum Gasteiger partial charge on any atom is 0.407 e. The number of carbonyl (C=O) groups excluding carboxylic acids is 2. The Morgan fingerprint density at radius 3 is 2.36 bits per heavy atom. The highest BCUT2D eigenvalue weighted by molar-refractivity contribution is 5.87. The first-order valence-corrected chi connectivity index (χ1v) is 10.9. The zero-order valence-corrected chi connectivity index (χ0v) is 18.0. The number of rotatable bonds is 8. The molecule has 0 bridgehead atoms. The van der Waals surface area contributed by atoms with Crippen LogP contribution < -0.4 is 10.6 Å². The van der Waals surface area contributed by atoms with Crippen LogP contribution in [0.1, 0.15) is 23.5 Å². The van der Waals surface area contributed by atoms with Gasteiger partial charge in [-0.25, -0.2) is 9.59 Å². The third kappa shape index (κ3) is 5.23. The van der Waals surface area contributed by atoms with Crippen molar-refractivity contribution in [2.75, 3.05) is 26.3 Å². The van der Waals surface area contributed by atoms with Gasteiger partial charge in [-0.15, -0.1) is 0 Å². The maximum atomic E-state index is 12.1. The number of fused-ring (bicyclic) bond motifs is 3. The van der Waals surface area contributed by atoms with E-state index in [9.17, 15) is 14.4 Å². The van der Waals surface area contributed by atoms with Crippen molar-refractivity contribution in [1.29, 1.82) is 0 Å². The van der Waals surface area contributed by atoms with E-state index in [0.29, 0.717) is 13.0 Å². The summed E-state index contributed by atoms with van der Waals surface area (Å²) in [6, 6.07) is 16.2. The molecule has 172 valence electrons. The van der Waals surface area contributed by atoms with Gasteiger partial charge in [0.25, 0.3) is 0 Å². The topological polar surface area (TPSA) is 114 Å². The Labute approximate surface area is 191 Å². The van der Waals surface area contributed by atoms with Gasteiger partial charge >= 0.3 is 12.1 Å². The molecule has 2 aliphatic rings. The van der Waals surface area contributed by atoms with Gasteiger partial charge < -0.3 is 25.2 Å². The molecule has 0 unspecified atom stereocenters. The smallest absolute Gasteiger partial charge is 0.407 e. The SMILES string of the molecule is O=C(/C=C/CNC(=O)OCC1c2ccccc2-c2ccccc21)NC[C@H]1CCO[C@H]1C(=O)O. The van der Waals surface area contributed by atoms with E-state index in [1.807, 2.05) is 24.3 Å². The normalized spacial score (nSPS) is 19.2. The van der Waals surface area contributed by atoms with E-state index in [-0.39, 0.29) is 37.4 Å². The van der Waals surface area contributed by atoms with E-state index in [0.717, 1.165) is 22.3 Å². The van der Waals surface area contributed by atoms with Crippen LogP contribution in [-0.2, 0) is 19.1 Å². The highest BCUT2D eigenvalue weighted by Gasteiger charge is 2.34. The number of hydrogen-bond donors (Lipinski definition) is 3. The Bertz CT molecular complexity index is 1020. The van der Waals surface area contributed by atoms with Gasteiger partial charge in [0.15, 0.2) is 6.10 Å². The number of carboxylic acid groups (broad SMARTS) is 1. The van der Waals surface area contributed by atoms with E-state index in [1.54, 1.807) is 0 Å². The average Bonchev–Trinajstić information content (AvgIpc) is 3.42. The van der Waals surface area contributed by atoms with Gasteiger partial charge in [0.2, 0.25) is 5.91 Å². The van der Waals surface area contributed by atoms with Crippen molar-refractivity contribution < 1.29 is 29.0 Å². The van der Waals surface area contributed by atoms with Crippen LogP contribution in [-0.4, -0.2) is 55.5 Å². The highest BCUT2D eigenvalue weighted by Crippen LogP contribution is 2.44. The van der Waals surface area contributed by atoms with Gasteiger partial charge in [-0.05, 0) is 28.7 Å². The molecule has 8 nitrogen and oxygen atoms in total. The predicted molar refractivity (Wildman–Crippen MR) is 121 cm³/mol. The second-order valence-corrected chi connectivity index (χ2v) is 8.03. The minimum Gasteiger partial charge on any atom is -0.479 e. The van der Waals surface area contributed by atoms with Crippen molar-refractivity contribution in [3.8, 4) is 11.1 Å². The van der Waals surface area contributed by atoms with Crippen molar-refractivity contribution in [2.24, 2.45) is 5.92 Å². The number of carbonyl (C=O) groups is 3. The Morgan fingerprint density at radius 2 is 1.70 bits per heavy atom. The highest BCUT2D eigenvalue weighted by atomic mass is 16.5. The van der Waals surface area contributed by atoms with E-state index in [2.05, 4.69) is 34.9 Å². The molecule has 0 spiro atoms. The molecule has 33 heavy (non-hydrogen) atoms. The van der Waals surface area contributed by atoms with E-state index >= 15 is 0 Å². The lowest BCUT2D eigenvalue weighted by molar-refractivity contribution is -0.149. The standard InChI is InChI=1S/C25H26N2O6/c28-22(27-14-16-11-13-32-23(16)24(29)30)10-5-12-26-25(31)33-15-21-19-8-3-1-6-17(19)18-7-2-4-9-20(18)21/h1-10,16,21,23H,11-15H2,(H,26,31)(H,27,28)(H,29,30)/b10-5+/t16-,23-/m1/s1. The minimum absolute atomic E-state index is 0.0151. The van der Waals surface area contributed by atoms with Crippen LogP contribution in [0.4, 0.5) is 4.79 Å². The lowest BCUT2D eigenvalue weighted by atomic mass is 9.98. The van der Waals surface area contributed by atoms with Crippen LogP contribution in [0.25, 0.3) is 11.1 Å². The summed E-state index contributed by atoms with van der Waals surface area (Å²) < 4.78 is 10.6. The first-order chi connectivity index (χ1) is 16.0. The third-order valence-electron chi connectivity index (χ3n) is 5.97. The Kier molecular flexibility index (Phi) is 7.04. The van der Waals surface area contributed by atoms with Gasteiger partial charge in [-0.2, -0.15) is 0 Å². The molecule has 0 saturated carbocycles. The van der Waals surface area contributed by atoms with Crippen LogP contribution in [0.15, 0.2) is 60.7 Å². The summed E-state index contributed by atoms with van der Waals surface area (Å²) in [7, 11) is 0. The van der Waals surface area contributed by atoms with E-state index in [4.69, 9.17) is 14.6 Å². The molecule has 1 aliphatic heterocycles. The van der Waals surface area contributed by atoms with Crippen molar-refractivity contribution in [3.05, 3.63) is 71.8 Å². The molecule has 4 rings (SSSR count). The van der Waals surface area contributed by atoms with Crippen LogP contribution in [0.3, 0.4) is 0 Å². The molecule has 1 heterocycles. The number of aliphatic carboxylic acids is 1. The second kappa shape index (κ2) is 10.3. The van der Waals surface area contributed by atoms with Crippen LogP contribution >= 0.6 is 0 Å². The zero-order valence-electron chi connectivity index (χ0n) is 18.0. The van der Waals surface area contributed by atoms with Gasteiger partial charge in [-0.1, -0.05) is 54.6 Å². The van der Waals surface area contributed by atoms with Crippen LogP contribution in [0, 0.1) is 5.92 Å². The quantitative estimate of drug-likeness (QED) is 0.533. The number of benzene rings is 2. The average molecular weight is 450 g/mol. The molecule has 8 heteroatoms. The molecule has 0 radical (unpaired) electrons. The molecule has 1 saturated heterocycles. The number of nitrogens with one attached hydrogen (secondary N) is 2. The zero-order chi connectivity index (χ0) is 23.2. The molecule has 0 aromatic heterocycles. The Balaban J connectivity index is 1.20. The second-order valence-electron chi connectivity index (χ2n) is 8.03. The van der Waals surface area contributed by atoms with Gasteiger partial charge in [-0.3, -0.25) is 4.79 Å². The Morgan fingerprint density at radius 1 is 1.03 bits per heavy atom. The molecule has 1 aliphatic carbocycles. The molecule has 2 atom stereocenters. The lowest BCUT2D eigenvalue weighted by Gasteiger charge is -2.14. The fourth-order valence-electron chi connectivity index (χ4n) is 4.36. The summed E-state index contributed by atoms with van der Waals surface area (Å²) in [4.78, 5) is 35.1. The third-order valence-corrected chi connectivity index (χ3v) is 5.97. The summed E-state index contributed by atoms with van der Waals surface area (Å²) in [6.07, 6.45) is 1.95. The summed E-state index contributed by atoms with van der Waals surface area (Å²) in [5.41, 5.74) is 4.60. The number of amides is 2. The van der Waals surface area contributed by atoms with Gasteiger partial charge in [0.1, 0.15) is 6.61 Å².